The number of nitrogens with zero attached hydrogens (tertiary/aromatic N) is 4. The van der Waals surface area contributed by atoms with Crippen molar-refractivity contribution in [3.8, 4) is 6.07 Å². The van der Waals surface area contributed by atoms with Gasteiger partial charge in [0.2, 0.25) is 0 Å². The molecule has 0 spiro atoms. The number of nitriles is 1. The lowest BCUT2D eigenvalue weighted by atomic mass is 10.2. The van der Waals surface area contributed by atoms with Crippen LogP contribution in [0.5, 0.6) is 0 Å². The molecule has 1 unspecified atom stereocenters. The van der Waals surface area contributed by atoms with Crippen LogP contribution in [0.25, 0.3) is 0 Å². The van der Waals surface area contributed by atoms with Crippen LogP contribution >= 0.6 is 11.3 Å². The van der Waals surface area contributed by atoms with Gasteiger partial charge in [-0.15, -0.1) is 11.3 Å². The summed E-state index contributed by atoms with van der Waals surface area (Å²) in [6.45, 7) is 8.11. The number of aryl methyl sites for hydroxylation is 1. The fourth-order valence-corrected chi connectivity index (χ4v) is 3.22. The molecule has 18 heavy (non-hydrogen) atoms. The summed E-state index contributed by atoms with van der Waals surface area (Å²) in [6.07, 6.45) is 1.91. The number of aromatic nitrogens is 1. The van der Waals surface area contributed by atoms with Gasteiger partial charge in [-0.2, -0.15) is 5.26 Å². The first-order chi connectivity index (χ1) is 8.78. The highest BCUT2D eigenvalue weighted by molar-refractivity contribution is 7.13. The highest BCUT2D eigenvalue weighted by atomic mass is 32.1. The van der Waals surface area contributed by atoms with Gasteiger partial charge in [0.1, 0.15) is 0 Å². The van der Waals surface area contributed by atoms with Crippen LogP contribution in [-0.4, -0.2) is 42.1 Å². The number of anilines is 1. The third kappa shape index (κ3) is 2.82. The van der Waals surface area contributed by atoms with Crippen molar-refractivity contribution in [2.24, 2.45) is 0 Å². The minimum atomic E-state index is 0.0784. The summed E-state index contributed by atoms with van der Waals surface area (Å²) in [5, 5.41) is 12.4. The van der Waals surface area contributed by atoms with E-state index >= 15 is 0 Å². The summed E-state index contributed by atoms with van der Waals surface area (Å²) in [4.78, 5) is 9.24. The van der Waals surface area contributed by atoms with Gasteiger partial charge in [-0.25, -0.2) is 4.98 Å². The lowest BCUT2D eigenvalue weighted by Crippen LogP contribution is -2.49. The van der Waals surface area contributed by atoms with E-state index in [9.17, 15) is 0 Å². The predicted octanol–water partition coefficient (Wildman–Crippen LogP) is 2.13. The van der Waals surface area contributed by atoms with E-state index in [1.807, 2.05) is 0 Å². The number of piperazine rings is 1. The van der Waals surface area contributed by atoms with Gasteiger partial charge >= 0.3 is 0 Å². The Morgan fingerprint density at radius 1 is 1.39 bits per heavy atom. The average Bonchev–Trinajstić information content (AvgIpc) is 2.90. The summed E-state index contributed by atoms with van der Waals surface area (Å²) >= 11 is 1.73. The Labute approximate surface area is 113 Å². The van der Waals surface area contributed by atoms with Crippen molar-refractivity contribution in [1.82, 2.24) is 9.88 Å². The van der Waals surface area contributed by atoms with Gasteiger partial charge in [0, 0.05) is 31.6 Å². The topological polar surface area (TPSA) is 43.2 Å². The van der Waals surface area contributed by atoms with Crippen molar-refractivity contribution in [3.05, 3.63) is 11.1 Å². The molecule has 5 heteroatoms. The zero-order valence-electron chi connectivity index (χ0n) is 11.1. The van der Waals surface area contributed by atoms with Gasteiger partial charge in [0.15, 0.2) is 5.13 Å². The Morgan fingerprint density at radius 2 is 2.11 bits per heavy atom. The fourth-order valence-electron chi connectivity index (χ4n) is 2.26. The number of rotatable bonds is 4. The second-order valence-electron chi connectivity index (χ2n) is 4.55. The second kappa shape index (κ2) is 6.17. The van der Waals surface area contributed by atoms with E-state index in [1.165, 1.54) is 5.69 Å². The highest BCUT2D eigenvalue weighted by Crippen LogP contribution is 2.22. The quantitative estimate of drug-likeness (QED) is 0.835. The maximum Gasteiger partial charge on any atom is 0.185 e. The van der Waals surface area contributed by atoms with Gasteiger partial charge < -0.3 is 4.90 Å². The van der Waals surface area contributed by atoms with Crippen LogP contribution in [0.4, 0.5) is 5.13 Å². The van der Waals surface area contributed by atoms with Crippen LogP contribution < -0.4 is 4.90 Å². The normalized spacial score (nSPS) is 18.6. The standard InChI is InChI=1S/C13H20N4S/c1-3-11-10-18-13(15-11)17-7-5-16(6-8-17)12(4-2)9-14/h10,12H,3-8H2,1-2H3. The lowest BCUT2D eigenvalue weighted by molar-refractivity contribution is 0.216. The predicted molar refractivity (Wildman–Crippen MR) is 75.0 cm³/mol. The molecule has 1 aliphatic rings. The molecule has 0 saturated carbocycles. The van der Waals surface area contributed by atoms with Crippen LogP contribution in [0.2, 0.25) is 0 Å². The Morgan fingerprint density at radius 3 is 2.61 bits per heavy atom. The molecular weight excluding hydrogens is 244 g/mol. The molecule has 1 atom stereocenters. The van der Waals surface area contributed by atoms with Crippen molar-refractivity contribution < 1.29 is 0 Å². The van der Waals surface area contributed by atoms with E-state index in [4.69, 9.17) is 5.26 Å². The Kier molecular flexibility index (Phi) is 4.56. The number of hydrogen-bond acceptors (Lipinski definition) is 5. The monoisotopic (exact) mass is 264 g/mol. The minimum absolute atomic E-state index is 0.0784. The smallest absolute Gasteiger partial charge is 0.185 e. The molecule has 0 bridgehead atoms. The van der Waals surface area contributed by atoms with E-state index in [0.717, 1.165) is 44.2 Å². The summed E-state index contributed by atoms with van der Waals surface area (Å²) in [6, 6.07) is 2.46. The van der Waals surface area contributed by atoms with Crippen molar-refractivity contribution >= 4 is 16.5 Å². The lowest BCUT2D eigenvalue weighted by Gasteiger charge is -2.36. The van der Waals surface area contributed by atoms with Gasteiger partial charge in [-0.05, 0) is 12.8 Å². The molecule has 0 aromatic carbocycles. The first-order valence-electron chi connectivity index (χ1n) is 6.61. The van der Waals surface area contributed by atoms with E-state index < -0.39 is 0 Å². The Balaban J connectivity index is 1.92. The summed E-state index contributed by atoms with van der Waals surface area (Å²) in [5.74, 6) is 0. The van der Waals surface area contributed by atoms with E-state index in [2.05, 4.69) is 40.1 Å². The summed E-state index contributed by atoms with van der Waals surface area (Å²) in [7, 11) is 0. The molecule has 98 valence electrons. The first kappa shape index (κ1) is 13.3. The average molecular weight is 264 g/mol. The minimum Gasteiger partial charge on any atom is -0.346 e. The number of thiazole rings is 1. The van der Waals surface area contributed by atoms with Crippen molar-refractivity contribution in [3.63, 3.8) is 0 Å². The molecule has 0 aliphatic carbocycles. The molecule has 1 aromatic heterocycles. The van der Waals surface area contributed by atoms with E-state index in [0.29, 0.717) is 0 Å². The highest BCUT2D eigenvalue weighted by Gasteiger charge is 2.23. The second-order valence-corrected chi connectivity index (χ2v) is 5.39. The van der Waals surface area contributed by atoms with Crippen LogP contribution in [0, 0.1) is 11.3 Å². The van der Waals surface area contributed by atoms with Crippen LogP contribution in [0.15, 0.2) is 5.38 Å². The summed E-state index contributed by atoms with van der Waals surface area (Å²) < 4.78 is 0. The molecule has 1 aromatic rings. The van der Waals surface area contributed by atoms with Crippen LogP contribution in [0.1, 0.15) is 26.0 Å². The van der Waals surface area contributed by atoms with Crippen molar-refractivity contribution in [2.75, 3.05) is 31.1 Å². The zero-order valence-corrected chi connectivity index (χ0v) is 11.9. The molecule has 0 radical (unpaired) electrons. The molecule has 2 rings (SSSR count). The van der Waals surface area contributed by atoms with Gasteiger partial charge in [0.05, 0.1) is 17.8 Å². The molecule has 4 nitrogen and oxygen atoms in total. The van der Waals surface area contributed by atoms with Gasteiger partial charge in [0.25, 0.3) is 0 Å². The SMILES string of the molecule is CCc1csc(N2CCN(C(C#N)CC)CC2)n1. The molecule has 0 N–H and O–H groups in total. The van der Waals surface area contributed by atoms with E-state index in [1.54, 1.807) is 11.3 Å². The van der Waals surface area contributed by atoms with Crippen molar-refractivity contribution in [2.45, 2.75) is 32.7 Å². The molecular formula is C13H20N4S. The molecule has 1 fully saturated rings. The third-order valence-electron chi connectivity index (χ3n) is 3.46. The Hall–Kier alpha value is -1.12. The van der Waals surface area contributed by atoms with Gasteiger partial charge in [-0.3, -0.25) is 4.90 Å². The van der Waals surface area contributed by atoms with Crippen LogP contribution in [-0.2, 0) is 6.42 Å². The van der Waals surface area contributed by atoms with E-state index in [-0.39, 0.29) is 6.04 Å². The largest absolute Gasteiger partial charge is 0.346 e. The zero-order chi connectivity index (χ0) is 13.0. The maximum absolute atomic E-state index is 9.08. The molecule has 0 amide bonds. The number of hydrogen-bond donors (Lipinski definition) is 0. The molecule has 1 saturated heterocycles. The third-order valence-corrected chi connectivity index (χ3v) is 4.41. The molecule has 1 aliphatic heterocycles. The van der Waals surface area contributed by atoms with Crippen molar-refractivity contribution in [1.29, 1.82) is 5.26 Å². The maximum atomic E-state index is 9.08. The molecule has 2 heterocycles. The van der Waals surface area contributed by atoms with Crippen LogP contribution in [0.3, 0.4) is 0 Å². The first-order valence-corrected chi connectivity index (χ1v) is 7.49. The van der Waals surface area contributed by atoms with Gasteiger partial charge in [-0.1, -0.05) is 13.8 Å². The summed E-state index contributed by atoms with van der Waals surface area (Å²) in [5.41, 5.74) is 1.18. The Bertz CT molecular complexity index is 415. The fraction of sp³-hybridized carbons (Fsp3) is 0.692.